The van der Waals surface area contributed by atoms with Gasteiger partial charge in [-0.25, -0.2) is 17.5 Å². The molecule has 0 aliphatic carbocycles. The van der Waals surface area contributed by atoms with Crippen molar-refractivity contribution in [1.29, 1.82) is 0 Å². The zero-order valence-electron chi connectivity index (χ0n) is 12.2. The largest absolute Gasteiger partial charge is 0.334 e. The lowest BCUT2D eigenvalue weighted by Gasteiger charge is -2.33. The number of hydrogen-bond acceptors (Lipinski definition) is 3. The highest BCUT2D eigenvalue weighted by atomic mass is 32.2. The van der Waals surface area contributed by atoms with Crippen LogP contribution in [0.1, 0.15) is 38.5 Å². The summed E-state index contributed by atoms with van der Waals surface area (Å²) in [5, 5.41) is 3.00. The molecule has 1 N–H and O–H groups in total. The number of sulfonamides is 1. The highest BCUT2D eigenvalue weighted by Gasteiger charge is 2.28. The lowest BCUT2D eigenvalue weighted by atomic mass is 10.1. The van der Waals surface area contributed by atoms with Crippen molar-refractivity contribution in [1.82, 2.24) is 14.5 Å². The van der Waals surface area contributed by atoms with Gasteiger partial charge in [0.25, 0.3) is 0 Å². The van der Waals surface area contributed by atoms with E-state index in [0.717, 1.165) is 38.8 Å². The van der Waals surface area contributed by atoms with Crippen LogP contribution in [0.3, 0.4) is 0 Å². The van der Waals surface area contributed by atoms with Gasteiger partial charge in [-0.1, -0.05) is 12.8 Å². The van der Waals surface area contributed by atoms with Crippen LogP contribution in [0.15, 0.2) is 0 Å². The molecule has 2 heterocycles. The first kappa shape index (κ1) is 15.6. The molecule has 1 unspecified atom stereocenters. The minimum absolute atomic E-state index is 0.0350. The summed E-state index contributed by atoms with van der Waals surface area (Å²) in [6.45, 7) is 2.59. The van der Waals surface area contributed by atoms with Gasteiger partial charge in [0.1, 0.15) is 0 Å². The first-order valence-electron chi connectivity index (χ1n) is 7.47. The van der Waals surface area contributed by atoms with E-state index in [0.29, 0.717) is 13.1 Å². The van der Waals surface area contributed by atoms with Gasteiger partial charge in [0.2, 0.25) is 10.0 Å². The summed E-state index contributed by atoms with van der Waals surface area (Å²) in [7, 11) is -3.16. The van der Waals surface area contributed by atoms with Crippen molar-refractivity contribution in [3.05, 3.63) is 0 Å². The monoisotopic (exact) mass is 303 g/mol. The number of carbonyl (C=O) groups excluding carboxylic acids is 1. The van der Waals surface area contributed by atoms with E-state index in [1.54, 1.807) is 0 Å². The van der Waals surface area contributed by atoms with Gasteiger partial charge in [-0.2, -0.15) is 0 Å². The van der Waals surface area contributed by atoms with E-state index < -0.39 is 10.0 Å². The van der Waals surface area contributed by atoms with Gasteiger partial charge in [0.05, 0.1) is 6.26 Å². The van der Waals surface area contributed by atoms with Crippen LogP contribution < -0.4 is 5.32 Å². The molecule has 0 bridgehead atoms. The number of rotatable bonds is 2. The zero-order chi connectivity index (χ0) is 14.6. The maximum absolute atomic E-state index is 12.2. The van der Waals surface area contributed by atoms with Crippen LogP contribution in [0.4, 0.5) is 4.79 Å². The summed E-state index contributed by atoms with van der Waals surface area (Å²) >= 11 is 0. The molecule has 2 aliphatic heterocycles. The van der Waals surface area contributed by atoms with Crippen molar-refractivity contribution in [2.45, 2.75) is 44.6 Å². The Bertz CT molecular complexity index is 430. The summed E-state index contributed by atoms with van der Waals surface area (Å²) in [6, 6.07) is -0.0959. The van der Waals surface area contributed by atoms with E-state index in [2.05, 4.69) is 5.32 Å². The Morgan fingerprint density at radius 2 is 1.70 bits per heavy atom. The first-order valence-corrected chi connectivity index (χ1v) is 9.32. The number of urea groups is 1. The zero-order valence-corrected chi connectivity index (χ0v) is 13.0. The van der Waals surface area contributed by atoms with Crippen LogP contribution in [0.2, 0.25) is 0 Å². The molecule has 0 radical (unpaired) electrons. The third-order valence-electron chi connectivity index (χ3n) is 4.07. The Hall–Kier alpha value is -0.820. The third kappa shape index (κ3) is 4.34. The van der Waals surface area contributed by atoms with Crippen LogP contribution in [-0.2, 0) is 10.0 Å². The van der Waals surface area contributed by atoms with Crippen molar-refractivity contribution in [2.75, 3.05) is 32.4 Å². The van der Waals surface area contributed by atoms with Gasteiger partial charge in [0, 0.05) is 32.2 Å². The minimum atomic E-state index is -3.16. The van der Waals surface area contributed by atoms with Gasteiger partial charge in [-0.05, 0) is 25.7 Å². The Labute approximate surface area is 121 Å². The summed E-state index contributed by atoms with van der Waals surface area (Å²) in [5.74, 6) is 0. The molecule has 0 spiro atoms. The second kappa shape index (κ2) is 6.76. The van der Waals surface area contributed by atoms with Crippen LogP contribution in [0.5, 0.6) is 0 Å². The average Bonchev–Trinajstić information content (AvgIpc) is 2.67. The fourth-order valence-electron chi connectivity index (χ4n) is 2.90. The molecule has 2 saturated heterocycles. The Balaban J connectivity index is 1.87. The molecule has 116 valence electrons. The fourth-order valence-corrected chi connectivity index (χ4v) is 3.81. The van der Waals surface area contributed by atoms with Crippen molar-refractivity contribution >= 4 is 16.1 Å². The third-order valence-corrected chi connectivity index (χ3v) is 5.34. The van der Waals surface area contributed by atoms with E-state index in [1.807, 2.05) is 4.90 Å². The molecule has 2 amide bonds. The van der Waals surface area contributed by atoms with E-state index in [-0.39, 0.29) is 12.1 Å². The predicted molar refractivity (Wildman–Crippen MR) is 78.0 cm³/mol. The second-order valence-corrected chi connectivity index (χ2v) is 7.79. The van der Waals surface area contributed by atoms with Crippen molar-refractivity contribution in [3.8, 4) is 0 Å². The first-order chi connectivity index (χ1) is 9.47. The standard InChI is InChI=1S/C13H25N3O3S/c1-20(18,19)16-10-6-7-12(11-16)14-13(17)15-8-4-2-3-5-9-15/h12H,2-11H2,1H3,(H,14,17). The smallest absolute Gasteiger partial charge is 0.317 e. The van der Waals surface area contributed by atoms with E-state index in [4.69, 9.17) is 0 Å². The minimum Gasteiger partial charge on any atom is -0.334 e. The number of likely N-dealkylation sites (tertiary alicyclic amines) is 1. The molecule has 2 rings (SSSR count). The molecule has 2 aliphatic rings. The lowest BCUT2D eigenvalue weighted by molar-refractivity contribution is 0.187. The topological polar surface area (TPSA) is 69.7 Å². The average molecular weight is 303 g/mol. The van der Waals surface area contributed by atoms with Gasteiger partial charge in [-0.15, -0.1) is 0 Å². The van der Waals surface area contributed by atoms with Crippen LogP contribution in [0, 0.1) is 0 Å². The number of nitrogens with zero attached hydrogens (tertiary/aromatic N) is 2. The maximum Gasteiger partial charge on any atom is 0.317 e. The molecule has 1 atom stereocenters. The molecule has 0 saturated carbocycles. The lowest BCUT2D eigenvalue weighted by Crippen LogP contribution is -2.52. The normalized spacial score (nSPS) is 26.1. The number of nitrogens with one attached hydrogen (secondary N) is 1. The van der Waals surface area contributed by atoms with Crippen molar-refractivity contribution in [3.63, 3.8) is 0 Å². The number of amides is 2. The van der Waals surface area contributed by atoms with Gasteiger partial charge in [0.15, 0.2) is 0 Å². The number of carbonyl (C=O) groups is 1. The fraction of sp³-hybridized carbons (Fsp3) is 0.923. The van der Waals surface area contributed by atoms with Crippen LogP contribution >= 0.6 is 0 Å². The van der Waals surface area contributed by atoms with E-state index in [1.165, 1.54) is 23.4 Å². The Morgan fingerprint density at radius 3 is 2.30 bits per heavy atom. The summed E-state index contributed by atoms with van der Waals surface area (Å²) in [5.41, 5.74) is 0. The van der Waals surface area contributed by atoms with Crippen LogP contribution in [-0.4, -0.2) is 62.1 Å². The second-order valence-electron chi connectivity index (χ2n) is 5.81. The predicted octanol–water partition coefficient (Wildman–Crippen LogP) is 0.996. The molecule has 20 heavy (non-hydrogen) atoms. The molecule has 0 aromatic carbocycles. The summed E-state index contributed by atoms with van der Waals surface area (Å²) < 4.78 is 24.6. The highest BCUT2D eigenvalue weighted by Crippen LogP contribution is 2.14. The number of piperidine rings is 1. The maximum atomic E-state index is 12.2. The van der Waals surface area contributed by atoms with E-state index >= 15 is 0 Å². The van der Waals surface area contributed by atoms with Crippen molar-refractivity contribution < 1.29 is 13.2 Å². The number of hydrogen-bond donors (Lipinski definition) is 1. The molecular formula is C13H25N3O3S. The van der Waals surface area contributed by atoms with Crippen molar-refractivity contribution in [2.24, 2.45) is 0 Å². The quantitative estimate of drug-likeness (QED) is 0.827. The Morgan fingerprint density at radius 1 is 1.05 bits per heavy atom. The molecule has 0 aromatic rings. The summed E-state index contributed by atoms with van der Waals surface area (Å²) in [4.78, 5) is 14.1. The Kier molecular flexibility index (Phi) is 5.26. The van der Waals surface area contributed by atoms with Gasteiger partial charge in [-0.3, -0.25) is 0 Å². The molecule has 7 heteroatoms. The molecule has 2 fully saturated rings. The van der Waals surface area contributed by atoms with Crippen LogP contribution in [0.25, 0.3) is 0 Å². The highest BCUT2D eigenvalue weighted by molar-refractivity contribution is 7.88. The van der Waals surface area contributed by atoms with Gasteiger partial charge < -0.3 is 10.2 Å². The van der Waals surface area contributed by atoms with E-state index in [9.17, 15) is 13.2 Å². The molecular weight excluding hydrogens is 278 g/mol. The summed E-state index contributed by atoms with van der Waals surface area (Å²) in [6.07, 6.45) is 7.39. The SMILES string of the molecule is CS(=O)(=O)N1CCCC(NC(=O)N2CCCCCC2)C1. The van der Waals surface area contributed by atoms with Gasteiger partial charge >= 0.3 is 6.03 Å². The molecule has 6 nitrogen and oxygen atoms in total. The molecule has 0 aromatic heterocycles.